The lowest BCUT2D eigenvalue weighted by Crippen LogP contribution is -2.25. The molecule has 1 amide bonds. The summed E-state index contributed by atoms with van der Waals surface area (Å²) in [6.07, 6.45) is 0.659. The normalized spacial score (nSPS) is 10.2. The van der Waals surface area contributed by atoms with Crippen molar-refractivity contribution in [2.75, 3.05) is 20.3 Å². The number of hydrogen-bond acceptors (Lipinski definition) is 5. The Morgan fingerprint density at radius 2 is 2.41 bits per heavy atom. The number of H-pyrrole nitrogens is 1. The molecule has 0 radical (unpaired) electrons. The van der Waals surface area contributed by atoms with Gasteiger partial charge in [0.1, 0.15) is 4.47 Å². The number of aromatic amines is 1. The van der Waals surface area contributed by atoms with E-state index in [1.807, 2.05) is 0 Å². The highest BCUT2D eigenvalue weighted by atomic mass is 79.9. The number of carbonyl (C=O) groups excluding carboxylic acids is 1. The third kappa shape index (κ3) is 3.49. The van der Waals surface area contributed by atoms with Gasteiger partial charge in [-0.15, -0.1) is 5.10 Å². The van der Waals surface area contributed by atoms with E-state index in [-0.39, 0.29) is 16.0 Å². The number of nitrogens with zero attached hydrogens (tertiary/aromatic N) is 2. The Morgan fingerprint density at radius 1 is 1.71 bits per heavy atom. The van der Waals surface area contributed by atoms with Crippen LogP contribution < -0.4 is 5.32 Å². The van der Waals surface area contributed by atoms with Crippen molar-refractivity contribution in [2.45, 2.75) is 6.42 Å². The van der Waals surface area contributed by atoms with Crippen molar-refractivity contribution < 1.29 is 14.5 Å². The minimum Gasteiger partial charge on any atom is -0.385 e. The Bertz CT molecular complexity index is 420. The largest absolute Gasteiger partial charge is 0.385 e. The van der Waals surface area contributed by atoms with Crippen LogP contribution in [0.1, 0.15) is 16.9 Å². The summed E-state index contributed by atoms with van der Waals surface area (Å²) in [6, 6.07) is 0. The van der Waals surface area contributed by atoms with Crippen LogP contribution in [0, 0.1) is 10.1 Å². The van der Waals surface area contributed by atoms with Gasteiger partial charge in [-0.05, 0) is 27.3 Å². The third-order valence-electron chi connectivity index (χ3n) is 1.90. The van der Waals surface area contributed by atoms with Crippen LogP contribution in [-0.2, 0) is 4.74 Å². The number of nitrogens with one attached hydrogen (secondary N) is 2. The van der Waals surface area contributed by atoms with Gasteiger partial charge < -0.3 is 20.2 Å². The van der Waals surface area contributed by atoms with Crippen molar-refractivity contribution in [3.63, 3.8) is 0 Å². The van der Waals surface area contributed by atoms with Crippen LogP contribution in [0.15, 0.2) is 4.47 Å². The first-order chi connectivity index (χ1) is 8.07. The lowest BCUT2D eigenvalue weighted by molar-refractivity contribution is -0.390. The fourth-order valence-corrected chi connectivity index (χ4v) is 1.59. The summed E-state index contributed by atoms with van der Waals surface area (Å²) in [5, 5.41) is 18.8. The molecule has 0 aliphatic rings. The van der Waals surface area contributed by atoms with Crippen LogP contribution in [0.25, 0.3) is 0 Å². The van der Waals surface area contributed by atoms with Crippen LogP contribution in [-0.4, -0.2) is 41.3 Å². The second kappa shape index (κ2) is 6.30. The fraction of sp³-hybridized carbons (Fsp3) is 0.500. The van der Waals surface area contributed by atoms with Crippen LogP contribution in [0.4, 0.5) is 5.82 Å². The molecule has 1 rings (SSSR count). The molecule has 0 aliphatic carbocycles. The number of carbonyl (C=O) groups is 1. The van der Waals surface area contributed by atoms with Gasteiger partial charge in [0, 0.05) is 20.3 Å². The first-order valence-corrected chi connectivity index (χ1v) is 5.52. The maximum absolute atomic E-state index is 11.6. The zero-order valence-corrected chi connectivity index (χ0v) is 10.6. The highest BCUT2D eigenvalue weighted by Gasteiger charge is 2.24. The summed E-state index contributed by atoms with van der Waals surface area (Å²) >= 11 is 2.95. The molecule has 0 saturated heterocycles. The van der Waals surface area contributed by atoms with Crippen molar-refractivity contribution >= 4 is 27.7 Å². The van der Waals surface area contributed by atoms with E-state index in [1.54, 1.807) is 7.11 Å². The van der Waals surface area contributed by atoms with E-state index < -0.39 is 10.8 Å². The first-order valence-electron chi connectivity index (χ1n) is 4.73. The number of rotatable bonds is 6. The van der Waals surface area contributed by atoms with Gasteiger partial charge >= 0.3 is 5.82 Å². The number of aromatic nitrogens is 2. The van der Waals surface area contributed by atoms with Gasteiger partial charge in [-0.3, -0.25) is 4.79 Å². The molecule has 2 N–H and O–H groups in total. The maximum Gasteiger partial charge on any atom is 0.357 e. The van der Waals surface area contributed by atoms with E-state index in [2.05, 4.69) is 31.4 Å². The van der Waals surface area contributed by atoms with Gasteiger partial charge in [-0.25, -0.2) is 0 Å². The molecule has 0 atom stereocenters. The average Bonchev–Trinajstić information content (AvgIpc) is 2.66. The van der Waals surface area contributed by atoms with E-state index >= 15 is 0 Å². The Labute approximate surface area is 105 Å². The fourth-order valence-electron chi connectivity index (χ4n) is 1.09. The number of hydrogen-bond donors (Lipinski definition) is 2. The van der Waals surface area contributed by atoms with E-state index in [4.69, 9.17) is 4.74 Å². The molecule has 1 aromatic heterocycles. The minimum absolute atomic E-state index is 0.0332. The monoisotopic (exact) mass is 306 g/mol. The van der Waals surface area contributed by atoms with Crippen LogP contribution in [0.5, 0.6) is 0 Å². The third-order valence-corrected chi connectivity index (χ3v) is 2.65. The number of nitro groups is 1. The topological polar surface area (TPSA) is 110 Å². The van der Waals surface area contributed by atoms with Crippen molar-refractivity contribution in [3.8, 4) is 0 Å². The van der Waals surface area contributed by atoms with E-state index in [1.165, 1.54) is 0 Å². The molecule has 1 aromatic rings. The number of amides is 1. The predicted molar refractivity (Wildman–Crippen MR) is 61.8 cm³/mol. The quantitative estimate of drug-likeness (QED) is 0.460. The van der Waals surface area contributed by atoms with Gasteiger partial charge in [-0.1, -0.05) is 5.10 Å². The Morgan fingerprint density at radius 3 is 2.94 bits per heavy atom. The molecule has 94 valence electrons. The van der Waals surface area contributed by atoms with Crippen LogP contribution in [0.2, 0.25) is 0 Å². The maximum atomic E-state index is 11.6. The Kier molecular flexibility index (Phi) is 5.04. The molecule has 0 fully saturated rings. The van der Waals surface area contributed by atoms with Gasteiger partial charge in [0.2, 0.25) is 0 Å². The molecular formula is C8H11BrN4O4. The summed E-state index contributed by atoms with van der Waals surface area (Å²) in [4.78, 5) is 21.4. The second-order valence-electron chi connectivity index (χ2n) is 3.09. The highest BCUT2D eigenvalue weighted by molar-refractivity contribution is 9.10. The molecule has 8 nitrogen and oxygen atoms in total. The van der Waals surface area contributed by atoms with Gasteiger partial charge in [0.25, 0.3) is 5.91 Å². The predicted octanol–water partition coefficient (Wildman–Crippen LogP) is 0.847. The summed E-state index contributed by atoms with van der Waals surface area (Å²) in [5.74, 6) is -0.815. The average molecular weight is 307 g/mol. The van der Waals surface area contributed by atoms with Crippen molar-refractivity contribution in [1.82, 2.24) is 15.5 Å². The Balaban J connectivity index is 2.60. The molecule has 17 heavy (non-hydrogen) atoms. The lowest BCUT2D eigenvalue weighted by Gasteiger charge is -2.01. The summed E-state index contributed by atoms with van der Waals surface area (Å²) in [6.45, 7) is 0.946. The van der Waals surface area contributed by atoms with E-state index in [9.17, 15) is 14.9 Å². The van der Waals surface area contributed by atoms with Crippen LogP contribution in [0.3, 0.4) is 0 Å². The summed E-state index contributed by atoms with van der Waals surface area (Å²) < 4.78 is 4.86. The molecular weight excluding hydrogens is 296 g/mol. The van der Waals surface area contributed by atoms with Crippen molar-refractivity contribution in [3.05, 3.63) is 20.3 Å². The van der Waals surface area contributed by atoms with Crippen molar-refractivity contribution in [2.24, 2.45) is 0 Å². The lowest BCUT2D eigenvalue weighted by atomic mass is 10.3. The number of halogens is 1. The standard InChI is InChI=1S/C8H11BrN4O4/c1-17-4-2-3-10-8(14)6-5(9)7(12-11-6)13(15)16/h2-4H2,1H3,(H,10,14)(H,11,12). The first kappa shape index (κ1) is 13.6. The van der Waals surface area contributed by atoms with E-state index in [0.717, 1.165) is 0 Å². The molecule has 0 saturated carbocycles. The Hall–Kier alpha value is -1.48. The van der Waals surface area contributed by atoms with Gasteiger partial charge in [-0.2, -0.15) is 0 Å². The smallest absolute Gasteiger partial charge is 0.357 e. The summed E-state index contributed by atoms with van der Waals surface area (Å²) in [5.41, 5.74) is -0.0332. The van der Waals surface area contributed by atoms with Gasteiger partial charge in [0.05, 0.1) is 0 Å². The molecule has 0 aromatic carbocycles. The SMILES string of the molecule is COCCCNC(=O)c1n[nH]c([N+](=O)[O-])c1Br. The molecule has 0 spiro atoms. The molecule has 0 bridgehead atoms. The minimum atomic E-state index is -0.654. The van der Waals surface area contributed by atoms with E-state index in [0.29, 0.717) is 19.6 Å². The molecule has 1 heterocycles. The number of methoxy groups -OCH3 is 1. The number of ether oxygens (including phenoxy) is 1. The van der Waals surface area contributed by atoms with Crippen molar-refractivity contribution in [1.29, 1.82) is 0 Å². The second-order valence-corrected chi connectivity index (χ2v) is 3.89. The highest BCUT2D eigenvalue weighted by Crippen LogP contribution is 2.25. The zero-order valence-electron chi connectivity index (χ0n) is 9.03. The molecule has 9 heteroatoms. The van der Waals surface area contributed by atoms with Gasteiger partial charge in [0.15, 0.2) is 5.69 Å². The zero-order chi connectivity index (χ0) is 12.8. The molecule has 0 unspecified atom stereocenters. The van der Waals surface area contributed by atoms with Crippen LogP contribution >= 0.6 is 15.9 Å². The summed E-state index contributed by atoms with van der Waals surface area (Å²) in [7, 11) is 1.56. The molecule has 0 aliphatic heterocycles.